The van der Waals surface area contributed by atoms with Gasteiger partial charge in [0.05, 0.1) is 0 Å². The molecule has 1 aromatic heterocycles. The molecule has 1 aliphatic heterocycles. The van der Waals surface area contributed by atoms with Gasteiger partial charge < -0.3 is 20.5 Å². The van der Waals surface area contributed by atoms with Crippen molar-refractivity contribution in [2.24, 2.45) is 5.73 Å². The number of H-pyrrole nitrogens is 1. The fraction of sp³-hybridized carbons (Fsp3) is 0.600. The third-order valence-corrected chi connectivity index (χ3v) is 3.84. The highest BCUT2D eigenvalue weighted by Crippen LogP contribution is 2.07. The van der Waals surface area contributed by atoms with Gasteiger partial charge in [-0.2, -0.15) is 0 Å². The van der Waals surface area contributed by atoms with Crippen LogP contribution in [0.25, 0.3) is 0 Å². The van der Waals surface area contributed by atoms with E-state index in [2.05, 4.69) is 9.88 Å². The summed E-state index contributed by atoms with van der Waals surface area (Å²) < 4.78 is 0. The number of aromatic amines is 1. The Balaban J connectivity index is 2.01. The van der Waals surface area contributed by atoms with E-state index in [9.17, 15) is 9.59 Å². The van der Waals surface area contributed by atoms with Crippen LogP contribution in [-0.4, -0.2) is 60.0 Å². The average molecular weight is 292 g/mol. The summed E-state index contributed by atoms with van der Waals surface area (Å²) in [4.78, 5) is 31.5. The molecule has 1 amide bonds. The van der Waals surface area contributed by atoms with Gasteiger partial charge in [-0.05, 0) is 39.4 Å². The lowest BCUT2D eigenvalue weighted by Gasteiger charge is -2.21. The SMILES string of the molecule is Cc1cc(=O)c(C(=O)N2CCCN(CCCN)CC2)c[nH]1. The van der Waals surface area contributed by atoms with Crippen molar-refractivity contribution in [1.82, 2.24) is 14.8 Å². The number of rotatable bonds is 4. The normalized spacial score (nSPS) is 16.8. The van der Waals surface area contributed by atoms with E-state index >= 15 is 0 Å². The van der Waals surface area contributed by atoms with Gasteiger partial charge in [0.1, 0.15) is 5.56 Å². The second-order valence-corrected chi connectivity index (χ2v) is 5.52. The third-order valence-electron chi connectivity index (χ3n) is 3.84. The van der Waals surface area contributed by atoms with Crippen molar-refractivity contribution in [3.05, 3.63) is 33.7 Å². The van der Waals surface area contributed by atoms with Crippen LogP contribution in [0.3, 0.4) is 0 Å². The summed E-state index contributed by atoms with van der Waals surface area (Å²) >= 11 is 0. The maximum atomic E-state index is 12.5. The van der Waals surface area contributed by atoms with Crippen LogP contribution < -0.4 is 11.2 Å². The van der Waals surface area contributed by atoms with E-state index in [1.807, 2.05) is 0 Å². The van der Waals surface area contributed by atoms with Crippen molar-refractivity contribution in [1.29, 1.82) is 0 Å². The lowest BCUT2D eigenvalue weighted by Crippen LogP contribution is -2.37. The molecular weight excluding hydrogens is 268 g/mol. The quantitative estimate of drug-likeness (QED) is 0.829. The maximum Gasteiger partial charge on any atom is 0.259 e. The first-order chi connectivity index (χ1) is 10.1. The van der Waals surface area contributed by atoms with E-state index in [1.165, 1.54) is 12.3 Å². The van der Waals surface area contributed by atoms with Gasteiger partial charge in [-0.3, -0.25) is 9.59 Å². The molecular formula is C15H24N4O2. The Bertz CT molecular complexity index is 541. The predicted octanol–water partition coefficient (Wildman–Crippen LogP) is 0.180. The van der Waals surface area contributed by atoms with Crippen LogP contribution in [0.15, 0.2) is 17.1 Å². The van der Waals surface area contributed by atoms with Crippen LogP contribution >= 0.6 is 0 Å². The molecule has 0 bridgehead atoms. The molecule has 116 valence electrons. The summed E-state index contributed by atoms with van der Waals surface area (Å²) in [6.07, 6.45) is 3.43. The Labute approximate surface area is 124 Å². The van der Waals surface area contributed by atoms with E-state index in [4.69, 9.17) is 5.73 Å². The molecule has 1 saturated heterocycles. The zero-order valence-electron chi connectivity index (χ0n) is 12.6. The molecule has 2 rings (SSSR count). The summed E-state index contributed by atoms with van der Waals surface area (Å²) in [5.41, 5.74) is 6.32. The van der Waals surface area contributed by atoms with Crippen LogP contribution in [0.4, 0.5) is 0 Å². The molecule has 1 aliphatic rings. The molecule has 3 N–H and O–H groups in total. The second kappa shape index (κ2) is 7.38. The minimum absolute atomic E-state index is 0.170. The van der Waals surface area contributed by atoms with E-state index in [0.29, 0.717) is 19.6 Å². The van der Waals surface area contributed by atoms with Gasteiger partial charge in [0.15, 0.2) is 5.43 Å². The van der Waals surface area contributed by atoms with Crippen LogP contribution in [0.1, 0.15) is 28.9 Å². The molecule has 0 spiro atoms. The Kier molecular flexibility index (Phi) is 5.52. The number of amides is 1. The largest absolute Gasteiger partial charge is 0.364 e. The van der Waals surface area contributed by atoms with E-state index in [-0.39, 0.29) is 16.9 Å². The predicted molar refractivity (Wildman–Crippen MR) is 82.4 cm³/mol. The molecule has 0 radical (unpaired) electrons. The van der Waals surface area contributed by atoms with E-state index < -0.39 is 0 Å². The Morgan fingerprint density at radius 3 is 2.86 bits per heavy atom. The van der Waals surface area contributed by atoms with Crippen molar-refractivity contribution in [2.45, 2.75) is 19.8 Å². The van der Waals surface area contributed by atoms with Crippen molar-refractivity contribution in [3.8, 4) is 0 Å². The summed E-state index contributed by atoms with van der Waals surface area (Å²) in [7, 11) is 0. The summed E-state index contributed by atoms with van der Waals surface area (Å²) in [6.45, 7) is 6.66. The zero-order valence-corrected chi connectivity index (χ0v) is 12.6. The number of hydrogen-bond donors (Lipinski definition) is 2. The smallest absolute Gasteiger partial charge is 0.259 e. The molecule has 0 unspecified atom stereocenters. The molecule has 0 saturated carbocycles. The third kappa shape index (κ3) is 4.15. The van der Waals surface area contributed by atoms with Gasteiger partial charge >= 0.3 is 0 Å². The summed E-state index contributed by atoms with van der Waals surface area (Å²) in [5, 5.41) is 0. The minimum atomic E-state index is -0.208. The van der Waals surface area contributed by atoms with Gasteiger partial charge in [0.2, 0.25) is 0 Å². The standard InChI is InChI=1S/C15H24N4O2/c1-12-10-14(20)13(11-17-12)15(21)19-7-3-6-18(8-9-19)5-2-4-16/h10-11H,2-9,16H2,1H3,(H,17,20). The fourth-order valence-corrected chi connectivity index (χ4v) is 2.62. The molecule has 1 fully saturated rings. The maximum absolute atomic E-state index is 12.5. The average Bonchev–Trinajstić information content (AvgIpc) is 2.70. The van der Waals surface area contributed by atoms with E-state index in [0.717, 1.165) is 38.2 Å². The fourth-order valence-electron chi connectivity index (χ4n) is 2.62. The molecule has 1 aromatic rings. The van der Waals surface area contributed by atoms with Gasteiger partial charge in [-0.1, -0.05) is 0 Å². The molecule has 21 heavy (non-hydrogen) atoms. The number of aryl methyl sites for hydroxylation is 1. The number of aromatic nitrogens is 1. The van der Waals surface area contributed by atoms with Gasteiger partial charge in [0.25, 0.3) is 5.91 Å². The molecule has 6 nitrogen and oxygen atoms in total. The number of pyridine rings is 1. The number of nitrogens with one attached hydrogen (secondary N) is 1. The number of carbonyl (C=O) groups excluding carboxylic acids is 1. The summed E-state index contributed by atoms with van der Waals surface area (Å²) in [5.74, 6) is -0.170. The topological polar surface area (TPSA) is 82.4 Å². The van der Waals surface area contributed by atoms with Gasteiger partial charge in [-0.15, -0.1) is 0 Å². The molecule has 0 atom stereocenters. The number of nitrogens with zero attached hydrogens (tertiary/aromatic N) is 2. The number of carbonyl (C=O) groups is 1. The Morgan fingerprint density at radius 1 is 1.33 bits per heavy atom. The van der Waals surface area contributed by atoms with Gasteiger partial charge in [0, 0.05) is 37.6 Å². The minimum Gasteiger partial charge on any atom is -0.364 e. The Morgan fingerprint density at radius 2 is 2.14 bits per heavy atom. The highest BCUT2D eigenvalue weighted by Gasteiger charge is 2.21. The van der Waals surface area contributed by atoms with Crippen LogP contribution in [0, 0.1) is 6.92 Å². The lowest BCUT2D eigenvalue weighted by atomic mass is 10.2. The highest BCUT2D eigenvalue weighted by atomic mass is 16.2. The lowest BCUT2D eigenvalue weighted by molar-refractivity contribution is 0.0759. The first-order valence-corrected chi connectivity index (χ1v) is 7.53. The number of nitrogens with two attached hydrogens (primary N) is 1. The first-order valence-electron chi connectivity index (χ1n) is 7.53. The Hall–Kier alpha value is -1.66. The second-order valence-electron chi connectivity index (χ2n) is 5.52. The zero-order chi connectivity index (χ0) is 15.2. The van der Waals surface area contributed by atoms with Crippen molar-refractivity contribution in [2.75, 3.05) is 39.3 Å². The van der Waals surface area contributed by atoms with Crippen LogP contribution in [0.2, 0.25) is 0 Å². The molecule has 6 heteroatoms. The van der Waals surface area contributed by atoms with Crippen LogP contribution in [-0.2, 0) is 0 Å². The molecule has 2 heterocycles. The monoisotopic (exact) mass is 292 g/mol. The van der Waals surface area contributed by atoms with Crippen molar-refractivity contribution >= 4 is 5.91 Å². The van der Waals surface area contributed by atoms with Crippen LogP contribution in [0.5, 0.6) is 0 Å². The molecule has 0 aliphatic carbocycles. The number of hydrogen-bond acceptors (Lipinski definition) is 4. The summed E-state index contributed by atoms with van der Waals surface area (Å²) in [6, 6.07) is 1.47. The highest BCUT2D eigenvalue weighted by molar-refractivity contribution is 5.93. The first kappa shape index (κ1) is 15.7. The van der Waals surface area contributed by atoms with E-state index in [1.54, 1.807) is 11.8 Å². The van der Waals surface area contributed by atoms with Gasteiger partial charge in [-0.25, -0.2) is 0 Å². The van der Waals surface area contributed by atoms with Crippen molar-refractivity contribution < 1.29 is 4.79 Å². The van der Waals surface area contributed by atoms with Crippen molar-refractivity contribution in [3.63, 3.8) is 0 Å². The molecule has 0 aromatic carbocycles.